The number of halogens is 3. The van der Waals surface area contributed by atoms with Crippen molar-refractivity contribution in [3.8, 4) is 23.0 Å². The van der Waals surface area contributed by atoms with E-state index in [1.807, 2.05) is 30.3 Å². The van der Waals surface area contributed by atoms with E-state index in [0.29, 0.717) is 40.0 Å². The third-order valence-corrected chi connectivity index (χ3v) is 9.25. The van der Waals surface area contributed by atoms with E-state index in [4.69, 9.17) is 14.2 Å². The van der Waals surface area contributed by atoms with Gasteiger partial charge in [-0.1, -0.05) is 30.3 Å². The first-order valence-corrected chi connectivity index (χ1v) is 16.1. The van der Waals surface area contributed by atoms with Gasteiger partial charge in [-0.25, -0.2) is 8.78 Å². The summed E-state index contributed by atoms with van der Waals surface area (Å²) in [7, 11) is 0. The molecule has 1 atom stereocenters. The Labute approximate surface area is 270 Å². The summed E-state index contributed by atoms with van der Waals surface area (Å²) in [6.45, 7) is 5.55. The average Bonchev–Trinajstić information content (AvgIpc) is 3.65. The highest BCUT2D eigenvalue weighted by molar-refractivity contribution is 7.21. The Morgan fingerprint density at radius 2 is 1.67 bits per heavy atom. The quantitative estimate of drug-likeness (QED) is 0.127. The lowest BCUT2D eigenvalue weighted by atomic mass is 9.97. The number of likely N-dealkylation sites (tertiary alicyclic amines) is 1. The summed E-state index contributed by atoms with van der Waals surface area (Å²) in [5.74, 6) is -0.0115. The van der Waals surface area contributed by atoms with Gasteiger partial charge in [0.25, 0.3) is 0 Å². The van der Waals surface area contributed by atoms with Crippen molar-refractivity contribution in [2.45, 2.75) is 39.4 Å². The number of fused-ring (bicyclic) bond motifs is 1. The fourth-order valence-electron chi connectivity index (χ4n) is 5.84. The summed E-state index contributed by atoms with van der Waals surface area (Å²) in [4.78, 5) is 16.4. The Bertz CT molecular complexity index is 1820. The predicted molar refractivity (Wildman–Crippen MR) is 174 cm³/mol. The second-order valence-electron chi connectivity index (χ2n) is 11.5. The van der Waals surface area contributed by atoms with Gasteiger partial charge in [0.05, 0.1) is 11.4 Å². The number of nitrogens with zero attached hydrogens (tertiary/aromatic N) is 1. The SMILES string of the molecule is Cc1cc(F)cc(C)c1C(=O)c1sc2c(F)c(OCc3ccccc3)ccc2c1Oc1ccc(O[C@H]2CCN(CCCF)C2)cc1. The lowest BCUT2D eigenvalue weighted by molar-refractivity contribution is 0.103. The highest BCUT2D eigenvalue weighted by Crippen LogP contribution is 2.45. The largest absolute Gasteiger partial charge is 0.489 e. The zero-order valence-corrected chi connectivity index (χ0v) is 26.5. The molecule has 1 saturated heterocycles. The first-order chi connectivity index (χ1) is 22.3. The normalized spacial score (nSPS) is 14.9. The number of ether oxygens (including phenoxy) is 3. The number of carbonyl (C=O) groups is 1. The van der Waals surface area contributed by atoms with Gasteiger partial charge >= 0.3 is 0 Å². The number of hydrogen-bond acceptors (Lipinski definition) is 6. The van der Waals surface area contributed by atoms with Crippen LogP contribution in [0.4, 0.5) is 13.2 Å². The fraction of sp³-hybridized carbons (Fsp3) is 0.270. The Kier molecular flexibility index (Phi) is 9.61. The van der Waals surface area contributed by atoms with Crippen LogP contribution in [0, 0.1) is 25.5 Å². The van der Waals surface area contributed by atoms with E-state index in [0.717, 1.165) is 43.0 Å². The molecule has 4 aromatic carbocycles. The molecular weight excluding hydrogens is 611 g/mol. The molecule has 238 valence electrons. The Balaban J connectivity index is 1.30. The van der Waals surface area contributed by atoms with E-state index >= 15 is 4.39 Å². The van der Waals surface area contributed by atoms with Crippen molar-refractivity contribution in [1.29, 1.82) is 0 Å². The predicted octanol–water partition coefficient (Wildman–Crippen LogP) is 9.21. The molecule has 0 bridgehead atoms. The molecule has 0 aliphatic carbocycles. The molecule has 5 aromatic rings. The molecule has 1 aliphatic rings. The standard InChI is InChI=1S/C37H34F3NO4S/c1-23-19-26(39)20-24(2)32(23)34(42)37-35(30-13-14-31(33(40)36(30)46-37)43-22-25-7-4-3-5-8-25)45-28-11-9-27(10-12-28)44-29-15-18-41(21-29)17-6-16-38/h3-5,7-14,19-20,29H,6,15-18,21-22H2,1-2H3/t29-/m0/s1. The van der Waals surface area contributed by atoms with Gasteiger partial charge in [-0.2, -0.15) is 0 Å². The van der Waals surface area contributed by atoms with E-state index in [9.17, 15) is 13.6 Å². The summed E-state index contributed by atoms with van der Waals surface area (Å²) in [6.07, 6.45) is 1.40. The van der Waals surface area contributed by atoms with Crippen molar-refractivity contribution >= 4 is 27.2 Å². The molecule has 0 N–H and O–H groups in total. The third-order valence-electron chi connectivity index (χ3n) is 8.07. The number of carbonyl (C=O) groups excluding carboxylic acids is 1. The van der Waals surface area contributed by atoms with Crippen LogP contribution in [0.1, 0.15) is 44.8 Å². The van der Waals surface area contributed by atoms with Crippen LogP contribution in [0.2, 0.25) is 0 Å². The number of benzene rings is 4. The first-order valence-electron chi connectivity index (χ1n) is 15.3. The molecule has 6 rings (SSSR count). The molecule has 0 unspecified atom stereocenters. The average molecular weight is 646 g/mol. The van der Waals surface area contributed by atoms with E-state index in [1.165, 1.54) is 18.2 Å². The Hall–Kier alpha value is -4.34. The number of alkyl halides is 1. The topological polar surface area (TPSA) is 48.0 Å². The Morgan fingerprint density at radius 1 is 0.957 bits per heavy atom. The van der Waals surface area contributed by atoms with Gasteiger partial charge in [-0.15, -0.1) is 11.3 Å². The van der Waals surface area contributed by atoms with Crippen molar-refractivity contribution in [2.75, 3.05) is 26.3 Å². The van der Waals surface area contributed by atoms with E-state index < -0.39 is 11.6 Å². The molecule has 1 fully saturated rings. The van der Waals surface area contributed by atoms with Crippen molar-refractivity contribution in [3.63, 3.8) is 0 Å². The number of thiophene rings is 1. The van der Waals surface area contributed by atoms with Crippen molar-refractivity contribution < 1.29 is 32.2 Å². The molecule has 1 aromatic heterocycles. The molecule has 5 nitrogen and oxygen atoms in total. The number of ketones is 1. The molecule has 0 spiro atoms. The summed E-state index contributed by atoms with van der Waals surface area (Å²) in [5, 5.41) is 0.426. The van der Waals surface area contributed by atoms with E-state index in [-0.39, 0.29) is 46.2 Å². The van der Waals surface area contributed by atoms with Gasteiger partial charge < -0.3 is 14.2 Å². The lowest BCUT2D eigenvalue weighted by Crippen LogP contribution is -2.26. The van der Waals surface area contributed by atoms with Crippen LogP contribution in [0.15, 0.2) is 78.9 Å². The maximum absolute atomic E-state index is 16.0. The smallest absolute Gasteiger partial charge is 0.207 e. The third kappa shape index (κ3) is 6.90. The summed E-state index contributed by atoms with van der Waals surface area (Å²) in [5.41, 5.74) is 2.20. The zero-order valence-electron chi connectivity index (χ0n) is 25.7. The minimum atomic E-state index is -0.587. The van der Waals surface area contributed by atoms with E-state index in [1.54, 1.807) is 44.2 Å². The van der Waals surface area contributed by atoms with Crippen LogP contribution in [0.5, 0.6) is 23.0 Å². The van der Waals surface area contributed by atoms with Gasteiger partial charge in [0.15, 0.2) is 17.3 Å². The molecule has 0 saturated carbocycles. The second-order valence-corrected chi connectivity index (χ2v) is 12.5. The molecule has 0 amide bonds. The van der Waals surface area contributed by atoms with Crippen molar-refractivity contribution in [2.24, 2.45) is 0 Å². The minimum absolute atomic E-state index is 0.0138. The summed E-state index contributed by atoms with van der Waals surface area (Å²) < 4.78 is 61.1. The van der Waals surface area contributed by atoms with Crippen LogP contribution in [0.25, 0.3) is 10.1 Å². The molecule has 2 heterocycles. The monoisotopic (exact) mass is 645 g/mol. The van der Waals surface area contributed by atoms with Crippen LogP contribution >= 0.6 is 11.3 Å². The summed E-state index contributed by atoms with van der Waals surface area (Å²) in [6, 6.07) is 22.4. The molecule has 46 heavy (non-hydrogen) atoms. The Morgan fingerprint density at radius 3 is 2.39 bits per heavy atom. The first kappa shape index (κ1) is 31.6. The fourth-order valence-corrected chi connectivity index (χ4v) is 6.95. The van der Waals surface area contributed by atoms with Gasteiger partial charge in [0, 0.05) is 30.6 Å². The van der Waals surface area contributed by atoms with E-state index in [2.05, 4.69) is 4.90 Å². The zero-order chi connectivity index (χ0) is 32.2. The van der Waals surface area contributed by atoms with Crippen LogP contribution in [-0.2, 0) is 6.61 Å². The lowest BCUT2D eigenvalue weighted by Gasteiger charge is -2.16. The second kappa shape index (κ2) is 14.0. The van der Waals surface area contributed by atoms with Gasteiger partial charge in [0.1, 0.15) is 34.9 Å². The maximum atomic E-state index is 16.0. The van der Waals surface area contributed by atoms with Crippen LogP contribution in [0.3, 0.4) is 0 Å². The van der Waals surface area contributed by atoms with Crippen LogP contribution in [-0.4, -0.2) is 43.1 Å². The number of aryl methyl sites for hydroxylation is 2. The molecule has 1 aliphatic heterocycles. The minimum Gasteiger partial charge on any atom is -0.489 e. The summed E-state index contributed by atoms with van der Waals surface area (Å²) >= 11 is 0.984. The molecule has 0 radical (unpaired) electrons. The van der Waals surface area contributed by atoms with Crippen molar-refractivity contribution in [1.82, 2.24) is 4.90 Å². The van der Waals surface area contributed by atoms with Gasteiger partial charge in [-0.3, -0.25) is 14.1 Å². The van der Waals surface area contributed by atoms with Gasteiger partial charge in [-0.05, 0) is 91.9 Å². The number of hydrogen-bond donors (Lipinski definition) is 0. The molecule has 9 heteroatoms. The van der Waals surface area contributed by atoms with Crippen molar-refractivity contribution in [3.05, 3.63) is 118 Å². The van der Waals surface area contributed by atoms with Crippen LogP contribution < -0.4 is 14.2 Å². The highest BCUT2D eigenvalue weighted by atomic mass is 32.1. The highest BCUT2D eigenvalue weighted by Gasteiger charge is 2.28. The molecular formula is C37H34F3NO4S. The van der Waals surface area contributed by atoms with Gasteiger partial charge in [0.2, 0.25) is 5.78 Å². The number of rotatable bonds is 12. The maximum Gasteiger partial charge on any atom is 0.207 e.